The predicted octanol–water partition coefficient (Wildman–Crippen LogP) is 2.88. The minimum atomic E-state index is -0.335. The summed E-state index contributed by atoms with van der Waals surface area (Å²) in [4.78, 5) is 13.4. The fourth-order valence-electron chi connectivity index (χ4n) is 1.30. The number of aromatic amines is 1. The summed E-state index contributed by atoms with van der Waals surface area (Å²) < 4.78 is 13.5. The molecule has 1 N–H and O–H groups in total. The highest BCUT2D eigenvalue weighted by Gasteiger charge is 2.07. The fraction of sp³-hybridized carbons (Fsp3) is 0. The van der Waals surface area contributed by atoms with Gasteiger partial charge in [0, 0.05) is 21.6 Å². The molecular weight excluding hydrogens is 237 g/mol. The summed E-state index contributed by atoms with van der Waals surface area (Å²) in [6.07, 6.45) is 2.30. The van der Waals surface area contributed by atoms with Gasteiger partial charge in [0.1, 0.15) is 5.82 Å². The zero-order valence-corrected chi connectivity index (χ0v) is 8.06. The molecule has 0 amide bonds. The van der Waals surface area contributed by atoms with Gasteiger partial charge in [0.2, 0.25) is 0 Å². The molecule has 0 atom stereocenters. The van der Waals surface area contributed by atoms with Crippen molar-refractivity contribution in [1.29, 1.82) is 0 Å². The van der Waals surface area contributed by atoms with Crippen LogP contribution in [0.1, 0.15) is 10.4 Å². The number of hydrogen-bond donors (Lipinski definition) is 1. The highest BCUT2D eigenvalue weighted by Crippen LogP contribution is 2.27. The molecule has 1 aromatic heterocycles. The van der Waals surface area contributed by atoms with Crippen LogP contribution in [0.2, 0.25) is 0 Å². The van der Waals surface area contributed by atoms with Crippen molar-refractivity contribution in [2.24, 2.45) is 0 Å². The van der Waals surface area contributed by atoms with Crippen molar-refractivity contribution in [3.05, 3.63) is 34.2 Å². The van der Waals surface area contributed by atoms with E-state index in [0.29, 0.717) is 15.6 Å². The molecule has 0 aliphatic carbocycles. The Morgan fingerprint density at radius 1 is 1.46 bits per heavy atom. The van der Waals surface area contributed by atoms with Gasteiger partial charge in [-0.25, -0.2) is 4.39 Å². The quantitative estimate of drug-likeness (QED) is 0.766. The third kappa shape index (κ3) is 1.27. The maximum atomic E-state index is 12.9. The van der Waals surface area contributed by atoms with Crippen molar-refractivity contribution < 1.29 is 9.18 Å². The van der Waals surface area contributed by atoms with Crippen LogP contribution in [0, 0.1) is 5.82 Å². The smallest absolute Gasteiger partial charge is 0.152 e. The number of hydrogen-bond acceptors (Lipinski definition) is 1. The molecule has 0 aliphatic rings. The van der Waals surface area contributed by atoms with Gasteiger partial charge in [-0.05, 0) is 28.1 Å². The number of fused-ring (bicyclic) bond motifs is 1. The Hall–Kier alpha value is -1.16. The van der Waals surface area contributed by atoms with Crippen molar-refractivity contribution in [2.75, 3.05) is 0 Å². The lowest BCUT2D eigenvalue weighted by Gasteiger charge is -1.95. The van der Waals surface area contributed by atoms with E-state index in [1.807, 2.05) is 0 Å². The highest BCUT2D eigenvalue weighted by molar-refractivity contribution is 9.10. The van der Waals surface area contributed by atoms with Crippen molar-refractivity contribution in [3.63, 3.8) is 0 Å². The van der Waals surface area contributed by atoms with E-state index in [1.165, 1.54) is 12.1 Å². The standard InChI is InChI=1S/C9H5BrFNO/c10-7-1-6(11)2-8-9(7)5(4-13)3-12-8/h1-4,12H. The normalized spacial score (nSPS) is 10.6. The van der Waals surface area contributed by atoms with Gasteiger partial charge in [0.25, 0.3) is 0 Å². The van der Waals surface area contributed by atoms with E-state index >= 15 is 0 Å². The third-order valence-electron chi connectivity index (χ3n) is 1.85. The number of aldehydes is 1. The van der Waals surface area contributed by atoms with Crippen LogP contribution in [0.5, 0.6) is 0 Å². The lowest BCUT2D eigenvalue weighted by Crippen LogP contribution is -1.79. The van der Waals surface area contributed by atoms with E-state index in [0.717, 1.165) is 11.7 Å². The monoisotopic (exact) mass is 241 g/mol. The van der Waals surface area contributed by atoms with Gasteiger partial charge < -0.3 is 4.98 Å². The Balaban J connectivity index is 2.89. The summed E-state index contributed by atoms with van der Waals surface area (Å²) in [5.74, 6) is -0.335. The molecule has 0 spiro atoms. The summed E-state index contributed by atoms with van der Waals surface area (Å²) in [5.41, 5.74) is 1.15. The van der Waals surface area contributed by atoms with Crippen molar-refractivity contribution in [2.45, 2.75) is 0 Å². The molecular formula is C9H5BrFNO. The molecule has 0 bridgehead atoms. The Bertz CT molecular complexity index is 478. The summed E-state index contributed by atoms with van der Waals surface area (Å²) >= 11 is 3.20. The number of carbonyl (C=O) groups is 1. The van der Waals surface area contributed by atoms with Crippen LogP contribution in [0.25, 0.3) is 10.9 Å². The molecule has 1 aromatic carbocycles. The zero-order chi connectivity index (χ0) is 9.42. The van der Waals surface area contributed by atoms with E-state index in [9.17, 15) is 9.18 Å². The second-order valence-electron chi connectivity index (χ2n) is 2.67. The first-order valence-corrected chi connectivity index (χ1v) is 4.43. The van der Waals surface area contributed by atoms with Crippen LogP contribution < -0.4 is 0 Å². The largest absolute Gasteiger partial charge is 0.360 e. The minimum Gasteiger partial charge on any atom is -0.360 e. The molecule has 0 unspecified atom stereocenters. The Morgan fingerprint density at radius 3 is 2.92 bits per heavy atom. The van der Waals surface area contributed by atoms with E-state index in [1.54, 1.807) is 6.20 Å². The van der Waals surface area contributed by atoms with Crippen LogP contribution in [-0.2, 0) is 0 Å². The second kappa shape index (κ2) is 2.96. The molecule has 0 aliphatic heterocycles. The average Bonchev–Trinajstić information content (AvgIpc) is 2.47. The minimum absolute atomic E-state index is 0.335. The SMILES string of the molecule is O=Cc1c[nH]c2cc(F)cc(Br)c12. The highest BCUT2D eigenvalue weighted by atomic mass is 79.9. The summed E-state index contributed by atoms with van der Waals surface area (Å²) in [5, 5.41) is 0.719. The zero-order valence-electron chi connectivity index (χ0n) is 6.47. The third-order valence-corrected chi connectivity index (χ3v) is 2.48. The van der Waals surface area contributed by atoms with Crippen molar-refractivity contribution >= 4 is 33.1 Å². The van der Waals surface area contributed by atoms with E-state index in [-0.39, 0.29) is 5.82 Å². The van der Waals surface area contributed by atoms with Crippen molar-refractivity contribution in [3.8, 4) is 0 Å². The number of halogens is 2. The Labute approximate surface area is 81.9 Å². The molecule has 0 saturated carbocycles. The van der Waals surface area contributed by atoms with Gasteiger partial charge in [-0.3, -0.25) is 4.79 Å². The lowest BCUT2D eigenvalue weighted by molar-refractivity contribution is 0.112. The maximum Gasteiger partial charge on any atom is 0.152 e. The van der Waals surface area contributed by atoms with Crippen LogP contribution in [-0.4, -0.2) is 11.3 Å². The summed E-state index contributed by atoms with van der Waals surface area (Å²) in [7, 11) is 0. The van der Waals surface area contributed by atoms with Gasteiger partial charge in [0.05, 0.1) is 5.52 Å². The molecule has 66 valence electrons. The van der Waals surface area contributed by atoms with E-state index in [4.69, 9.17) is 0 Å². The van der Waals surface area contributed by atoms with E-state index in [2.05, 4.69) is 20.9 Å². The maximum absolute atomic E-state index is 12.9. The molecule has 2 rings (SSSR count). The Kier molecular flexibility index (Phi) is 1.92. The number of H-pyrrole nitrogens is 1. The van der Waals surface area contributed by atoms with Gasteiger partial charge in [-0.1, -0.05) is 0 Å². The lowest BCUT2D eigenvalue weighted by atomic mass is 10.2. The Morgan fingerprint density at radius 2 is 2.23 bits per heavy atom. The molecule has 1 heterocycles. The molecule has 13 heavy (non-hydrogen) atoms. The van der Waals surface area contributed by atoms with E-state index < -0.39 is 0 Å². The van der Waals surface area contributed by atoms with Gasteiger partial charge in [-0.2, -0.15) is 0 Å². The first-order chi connectivity index (χ1) is 6.22. The molecule has 0 fully saturated rings. The molecule has 2 nitrogen and oxygen atoms in total. The first kappa shape index (κ1) is 8.44. The summed E-state index contributed by atoms with van der Waals surface area (Å²) in [6, 6.07) is 2.69. The number of benzene rings is 1. The number of aromatic nitrogens is 1. The molecule has 0 radical (unpaired) electrons. The molecule has 2 aromatic rings. The molecule has 4 heteroatoms. The summed E-state index contributed by atoms with van der Waals surface area (Å²) in [6.45, 7) is 0. The van der Waals surface area contributed by atoms with Gasteiger partial charge in [-0.15, -0.1) is 0 Å². The second-order valence-corrected chi connectivity index (χ2v) is 3.53. The van der Waals surface area contributed by atoms with Crippen LogP contribution in [0.4, 0.5) is 4.39 Å². The average molecular weight is 242 g/mol. The molecule has 0 saturated heterocycles. The topological polar surface area (TPSA) is 32.9 Å². The van der Waals surface area contributed by atoms with Crippen molar-refractivity contribution in [1.82, 2.24) is 4.98 Å². The predicted molar refractivity (Wildman–Crippen MR) is 51.3 cm³/mol. The number of nitrogens with one attached hydrogen (secondary N) is 1. The van der Waals surface area contributed by atoms with Crippen LogP contribution in [0.3, 0.4) is 0 Å². The van der Waals surface area contributed by atoms with Crippen LogP contribution in [0.15, 0.2) is 22.8 Å². The number of rotatable bonds is 1. The fourth-order valence-corrected chi connectivity index (χ4v) is 1.96. The number of carbonyl (C=O) groups excluding carboxylic acids is 1. The first-order valence-electron chi connectivity index (χ1n) is 3.63. The van der Waals surface area contributed by atoms with Gasteiger partial charge in [0.15, 0.2) is 6.29 Å². The van der Waals surface area contributed by atoms with Gasteiger partial charge >= 0.3 is 0 Å². The van der Waals surface area contributed by atoms with Crippen LogP contribution >= 0.6 is 15.9 Å².